The maximum absolute atomic E-state index is 6.10. The summed E-state index contributed by atoms with van der Waals surface area (Å²) in [4.78, 5) is 0. The van der Waals surface area contributed by atoms with Crippen LogP contribution in [0.5, 0.6) is 0 Å². The van der Waals surface area contributed by atoms with E-state index in [1.807, 2.05) is 12.1 Å². The van der Waals surface area contributed by atoms with Gasteiger partial charge in [-0.3, -0.25) is 0 Å². The van der Waals surface area contributed by atoms with Crippen molar-refractivity contribution in [1.29, 1.82) is 0 Å². The second kappa shape index (κ2) is 5.74. The van der Waals surface area contributed by atoms with Crippen LogP contribution in [0.2, 0.25) is 5.02 Å². The number of benzene rings is 1. The second-order valence-corrected chi connectivity index (χ2v) is 5.40. The zero-order chi connectivity index (χ0) is 12.3. The monoisotopic (exact) mass is 252 g/mol. The van der Waals surface area contributed by atoms with Gasteiger partial charge in [0.05, 0.1) is 0 Å². The summed E-state index contributed by atoms with van der Waals surface area (Å²) < 4.78 is 0. The molecule has 1 fully saturated rings. The lowest BCUT2D eigenvalue weighted by atomic mass is 9.99. The summed E-state index contributed by atoms with van der Waals surface area (Å²) in [5.41, 5.74) is 2.29. The highest BCUT2D eigenvalue weighted by Gasteiger charge is 2.17. The smallest absolute Gasteiger partial charge is 0.0455 e. The fourth-order valence-electron chi connectivity index (χ4n) is 2.43. The maximum atomic E-state index is 6.10. The van der Waals surface area contributed by atoms with Gasteiger partial charge in [0.2, 0.25) is 0 Å². The van der Waals surface area contributed by atoms with E-state index in [1.54, 1.807) is 0 Å². The Bertz CT molecular complexity index is 378. The van der Waals surface area contributed by atoms with Crippen molar-refractivity contribution in [2.45, 2.75) is 45.2 Å². The van der Waals surface area contributed by atoms with Crippen LogP contribution in [0.4, 0.5) is 5.69 Å². The van der Waals surface area contributed by atoms with E-state index in [2.05, 4.69) is 30.5 Å². The molecule has 2 rings (SSSR count). The number of hydrogen-bond donors (Lipinski definition) is 2. The Hall–Kier alpha value is -0.730. The Morgan fingerprint density at radius 1 is 1.41 bits per heavy atom. The Morgan fingerprint density at radius 2 is 2.24 bits per heavy atom. The predicted octanol–water partition coefficient (Wildman–Crippen LogP) is 3.59. The number of piperidine rings is 1. The van der Waals surface area contributed by atoms with E-state index in [0.717, 1.165) is 22.8 Å². The van der Waals surface area contributed by atoms with Crippen molar-refractivity contribution in [3.8, 4) is 0 Å². The molecule has 2 unspecified atom stereocenters. The molecule has 0 spiro atoms. The molecule has 1 aliphatic heterocycles. The second-order valence-electron chi connectivity index (χ2n) is 4.99. The number of nitrogens with one attached hydrogen (secondary N) is 2. The van der Waals surface area contributed by atoms with E-state index in [9.17, 15) is 0 Å². The largest absolute Gasteiger partial charge is 0.383 e. The zero-order valence-corrected chi connectivity index (χ0v) is 11.3. The molecule has 1 aromatic carbocycles. The lowest BCUT2D eigenvalue weighted by molar-refractivity contribution is 0.345. The molecule has 0 radical (unpaired) electrons. The van der Waals surface area contributed by atoms with Crippen LogP contribution in [-0.2, 0) is 0 Å². The molecule has 1 heterocycles. The standard InChI is InChI=1S/C14H21ClN2/c1-10-5-3-6-12(17-10)9-16-14-8-4-7-13(15)11(14)2/h4,7-8,10,12,16-17H,3,5-6,9H2,1-2H3. The lowest BCUT2D eigenvalue weighted by Crippen LogP contribution is -2.44. The van der Waals surface area contributed by atoms with Gasteiger partial charge in [0.25, 0.3) is 0 Å². The summed E-state index contributed by atoms with van der Waals surface area (Å²) in [6.07, 6.45) is 3.89. The Labute approximate surface area is 109 Å². The SMILES string of the molecule is Cc1c(Cl)cccc1NCC1CCCC(C)N1. The summed E-state index contributed by atoms with van der Waals surface area (Å²) in [6, 6.07) is 7.25. The molecule has 0 aromatic heterocycles. The van der Waals surface area contributed by atoms with Crippen LogP contribution < -0.4 is 10.6 Å². The van der Waals surface area contributed by atoms with Crippen LogP contribution in [-0.4, -0.2) is 18.6 Å². The van der Waals surface area contributed by atoms with E-state index in [0.29, 0.717) is 12.1 Å². The molecule has 17 heavy (non-hydrogen) atoms. The molecular weight excluding hydrogens is 232 g/mol. The Balaban J connectivity index is 1.91. The molecule has 2 atom stereocenters. The van der Waals surface area contributed by atoms with E-state index in [4.69, 9.17) is 11.6 Å². The van der Waals surface area contributed by atoms with E-state index < -0.39 is 0 Å². The average molecular weight is 253 g/mol. The maximum Gasteiger partial charge on any atom is 0.0455 e. The van der Waals surface area contributed by atoms with Crippen molar-refractivity contribution in [2.24, 2.45) is 0 Å². The van der Waals surface area contributed by atoms with Gasteiger partial charge >= 0.3 is 0 Å². The van der Waals surface area contributed by atoms with Crippen molar-refractivity contribution >= 4 is 17.3 Å². The van der Waals surface area contributed by atoms with Gasteiger partial charge in [-0.25, -0.2) is 0 Å². The molecule has 1 aromatic rings. The molecular formula is C14H21ClN2. The van der Waals surface area contributed by atoms with Crippen LogP contribution in [0.1, 0.15) is 31.7 Å². The molecule has 0 saturated carbocycles. The van der Waals surface area contributed by atoms with Crippen molar-refractivity contribution < 1.29 is 0 Å². The molecule has 1 aliphatic rings. The molecule has 0 amide bonds. The highest BCUT2D eigenvalue weighted by molar-refractivity contribution is 6.31. The average Bonchev–Trinajstić information content (AvgIpc) is 2.31. The van der Waals surface area contributed by atoms with Gasteiger partial charge in [-0.1, -0.05) is 24.1 Å². The zero-order valence-electron chi connectivity index (χ0n) is 10.6. The first kappa shape index (κ1) is 12.7. The minimum atomic E-state index is 0.581. The lowest BCUT2D eigenvalue weighted by Gasteiger charge is -2.29. The topological polar surface area (TPSA) is 24.1 Å². The number of halogens is 1. The third-order valence-electron chi connectivity index (χ3n) is 3.52. The van der Waals surface area contributed by atoms with Gasteiger partial charge in [-0.15, -0.1) is 0 Å². The normalized spacial score (nSPS) is 24.6. The van der Waals surface area contributed by atoms with Gasteiger partial charge in [0, 0.05) is 29.3 Å². The highest BCUT2D eigenvalue weighted by Crippen LogP contribution is 2.23. The third kappa shape index (κ3) is 3.36. The van der Waals surface area contributed by atoms with Gasteiger partial charge in [-0.2, -0.15) is 0 Å². The molecule has 3 heteroatoms. The molecule has 2 nitrogen and oxygen atoms in total. The first-order chi connectivity index (χ1) is 8.16. The van der Waals surface area contributed by atoms with Crippen LogP contribution in [0.15, 0.2) is 18.2 Å². The highest BCUT2D eigenvalue weighted by atomic mass is 35.5. The summed E-state index contributed by atoms with van der Waals surface area (Å²) in [6.45, 7) is 5.30. The number of hydrogen-bond acceptors (Lipinski definition) is 2. The van der Waals surface area contributed by atoms with E-state index >= 15 is 0 Å². The molecule has 1 saturated heterocycles. The first-order valence-corrected chi connectivity index (χ1v) is 6.79. The Morgan fingerprint density at radius 3 is 3.00 bits per heavy atom. The van der Waals surface area contributed by atoms with Crippen molar-refractivity contribution in [3.63, 3.8) is 0 Å². The minimum Gasteiger partial charge on any atom is -0.383 e. The predicted molar refractivity (Wildman–Crippen MR) is 74.9 cm³/mol. The summed E-state index contributed by atoms with van der Waals surface area (Å²) in [7, 11) is 0. The van der Waals surface area contributed by atoms with Gasteiger partial charge in [-0.05, 0) is 44.4 Å². The van der Waals surface area contributed by atoms with Crippen LogP contribution in [0.25, 0.3) is 0 Å². The van der Waals surface area contributed by atoms with Crippen molar-refractivity contribution in [2.75, 3.05) is 11.9 Å². The van der Waals surface area contributed by atoms with Crippen molar-refractivity contribution in [1.82, 2.24) is 5.32 Å². The number of anilines is 1. The molecule has 0 aliphatic carbocycles. The summed E-state index contributed by atoms with van der Waals surface area (Å²) in [5.74, 6) is 0. The van der Waals surface area contributed by atoms with Crippen LogP contribution in [0, 0.1) is 6.92 Å². The van der Waals surface area contributed by atoms with Gasteiger partial charge in [0.15, 0.2) is 0 Å². The summed E-state index contributed by atoms with van der Waals surface area (Å²) >= 11 is 6.10. The van der Waals surface area contributed by atoms with Gasteiger partial charge in [0.1, 0.15) is 0 Å². The molecule has 2 N–H and O–H groups in total. The third-order valence-corrected chi connectivity index (χ3v) is 3.93. The first-order valence-electron chi connectivity index (χ1n) is 6.42. The Kier molecular flexibility index (Phi) is 4.30. The minimum absolute atomic E-state index is 0.581. The molecule has 94 valence electrons. The molecule has 0 bridgehead atoms. The van der Waals surface area contributed by atoms with Crippen LogP contribution in [0.3, 0.4) is 0 Å². The summed E-state index contributed by atoms with van der Waals surface area (Å²) in [5, 5.41) is 7.96. The fraction of sp³-hybridized carbons (Fsp3) is 0.571. The fourth-order valence-corrected chi connectivity index (χ4v) is 2.61. The van der Waals surface area contributed by atoms with E-state index in [1.165, 1.54) is 19.3 Å². The van der Waals surface area contributed by atoms with Crippen molar-refractivity contribution in [3.05, 3.63) is 28.8 Å². The quantitative estimate of drug-likeness (QED) is 0.859. The van der Waals surface area contributed by atoms with Gasteiger partial charge < -0.3 is 10.6 Å². The van der Waals surface area contributed by atoms with E-state index in [-0.39, 0.29) is 0 Å². The number of rotatable bonds is 3. The van der Waals surface area contributed by atoms with Crippen LogP contribution >= 0.6 is 11.6 Å².